The fourth-order valence-corrected chi connectivity index (χ4v) is 3.42. The summed E-state index contributed by atoms with van der Waals surface area (Å²) in [6.45, 7) is 10.3. The molecule has 23 heavy (non-hydrogen) atoms. The van der Waals surface area contributed by atoms with Gasteiger partial charge in [-0.15, -0.1) is 0 Å². The largest absolute Gasteiger partial charge is 0.398 e. The van der Waals surface area contributed by atoms with Crippen LogP contribution in [0.2, 0.25) is 0 Å². The molecule has 124 valence electrons. The van der Waals surface area contributed by atoms with Crippen LogP contribution in [0.1, 0.15) is 42.5 Å². The first-order valence-corrected chi connectivity index (χ1v) is 9.23. The van der Waals surface area contributed by atoms with Crippen LogP contribution in [0.4, 0.5) is 11.4 Å². The molecule has 0 saturated carbocycles. The van der Waals surface area contributed by atoms with Crippen LogP contribution in [0.25, 0.3) is 0 Å². The highest BCUT2D eigenvalue weighted by Gasteiger charge is 2.20. The lowest BCUT2D eigenvalue weighted by atomic mass is 9.93. The van der Waals surface area contributed by atoms with Gasteiger partial charge in [0.2, 0.25) is 0 Å². The Morgan fingerprint density at radius 3 is 2.43 bits per heavy atom. The van der Waals surface area contributed by atoms with Gasteiger partial charge in [0, 0.05) is 28.9 Å². The van der Waals surface area contributed by atoms with E-state index in [0.29, 0.717) is 0 Å². The molecule has 1 aliphatic heterocycles. The number of benzene rings is 2. The highest BCUT2D eigenvalue weighted by atomic mass is 79.9. The molecule has 2 aromatic carbocycles. The second-order valence-corrected chi connectivity index (χ2v) is 6.80. The highest BCUT2D eigenvalue weighted by molar-refractivity contribution is 9.10. The zero-order chi connectivity index (χ0) is 17.0. The number of anilines is 2. The predicted octanol–water partition coefficient (Wildman–Crippen LogP) is 5.63. The molecule has 2 aromatic rings. The predicted molar refractivity (Wildman–Crippen MR) is 105 cm³/mol. The van der Waals surface area contributed by atoms with Gasteiger partial charge in [-0.25, -0.2) is 0 Å². The minimum Gasteiger partial charge on any atom is -0.398 e. The van der Waals surface area contributed by atoms with Crippen molar-refractivity contribution < 1.29 is 0 Å². The number of halogens is 1. The molecule has 0 radical (unpaired) electrons. The van der Waals surface area contributed by atoms with E-state index in [1.54, 1.807) is 0 Å². The van der Waals surface area contributed by atoms with Crippen molar-refractivity contribution in [2.24, 2.45) is 0 Å². The fourth-order valence-electron chi connectivity index (χ4n) is 3.16. The molecular weight excluding hydrogens is 348 g/mol. The zero-order valence-electron chi connectivity index (χ0n) is 14.6. The summed E-state index contributed by atoms with van der Waals surface area (Å²) >= 11 is 3.50. The van der Waals surface area contributed by atoms with Crippen LogP contribution in [0.3, 0.4) is 0 Å². The summed E-state index contributed by atoms with van der Waals surface area (Å²) in [5.41, 5.74) is 13.8. The summed E-state index contributed by atoms with van der Waals surface area (Å²) in [6, 6.07) is 10.9. The number of nitrogens with zero attached hydrogens (tertiary/aromatic N) is 1. The maximum atomic E-state index is 6.20. The number of hydrogen-bond acceptors (Lipinski definition) is 2. The van der Waals surface area contributed by atoms with Crippen molar-refractivity contribution in [3.8, 4) is 0 Å². The van der Waals surface area contributed by atoms with E-state index < -0.39 is 0 Å². The summed E-state index contributed by atoms with van der Waals surface area (Å²) < 4.78 is 1.13. The molecule has 0 spiro atoms. The van der Waals surface area contributed by atoms with Crippen molar-refractivity contribution >= 4 is 27.3 Å². The van der Waals surface area contributed by atoms with Gasteiger partial charge >= 0.3 is 0 Å². The van der Waals surface area contributed by atoms with Gasteiger partial charge in [0.1, 0.15) is 0 Å². The first kappa shape index (κ1) is 17.9. The van der Waals surface area contributed by atoms with Gasteiger partial charge < -0.3 is 10.6 Å². The summed E-state index contributed by atoms with van der Waals surface area (Å²) in [6.07, 6.45) is 2.34. The van der Waals surface area contributed by atoms with E-state index in [4.69, 9.17) is 5.73 Å². The molecule has 0 amide bonds. The van der Waals surface area contributed by atoms with Gasteiger partial charge in [0.15, 0.2) is 0 Å². The molecule has 0 bridgehead atoms. The van der Waals surface area contributed by atoms with E-state index in [2.05, 4.69) is 65.0 Å². The molecule has 0 atom stereocenters. The molecule has 1 aliphatic rings. The Balaban J connectivity index is 0.000000924. The molecule has 0 aliphatic carbocycles. The molecule has 0 aromatic heterocycles. The van der Waals surface area contributed by atoms with Gasteiger partial charge in [0.05, 0.1) is 0 Å². The van der Waals surface area contributed by atoms with Crippen LogP contribution in [-0.4, -0.2) is 6.54 Å². The van der Waals surface area contributed by atoms with E-state index in [-0.39, 0.29) is 0 Å². The van der Waals surface area contributed by atoms with Crippen molar-refractivity contribution in [3.05, 3.63) is 57.1 Å². The number of nitrogens with two attached hydrogens (primary N) is 1. The van der Waals surface area contributed by atoms with Gasteiger partial charge in [-0.2, -0.15) is 0 Å². The lowest BCUT2D eigenvalue weighted by molar-refractivity contribution is 0.688. The quantitative estimate of drug-likeness (QED) is 0.690. The van der Waals surface area contributed by atoms with Gasteiger partial charge in [0.25, 0.3) is 0 Å². The lowest BCUT2D eigenvalue weighted by Gasteiger charge is -2.33. The smallest absolute Gasteiger partial charge is 0.0429 e. The molecule has 0 saturated heterocycles. The Labute approximate surface area is 148 Å². The second-order valence-electron chi connectivity index (χ2n) is 5.88. The lowest BCUT2D eigenvalue weighted by Crippen LogP contribution is -2.29. The van der Waals surface area contributed by atoms with Crippen molar-refractivity contribution in [2.45, 2.75) is 47.1 Å². The molecule has 0 fully saturated rings. The summed E-state index contributed by atoms with van der Waals surface area (Å²) in [5, 5.41) is 0. The van der Waals surface area contributed by atoms with Crippen LogP contribution in [0, 0.1) is 13.8 Å². The summed E-state index contributed by atoms with van der Waals surface area (Å²) in [4.78, 5) is 2.49. The molecule has 3 heteroatoms. The number of fused-ring (bicyclic) bond motifs is 1. The SMILES string of the molecule is CC.Cc1cc2c(c(C)c1N)CCCN2Cc1ccc(Br)cc1. The maximum absolute atomic E-state index is 6.20. The monoisotopic (exact) mass is 374 g/mol. The van der Waals surface area contributed by atoms with Crippen LogP contribution < -0.4 is 10.6 Å². The number of nitrogen functional groups attached to an aromatic ring is 1. The first-order chi connectivity index (χ1) is 11.1. The number of hydrogen-bond donors (Lipinski definition) is 1. The Bertz CT molecular complexity index is 662. The number of rotatable bonds is 2. The molecule has 1 heterocycles. The standard InChI is InChI=1S/C18H21BrN2.C2H6/c1-12-10-17-16(13(2)18(12)20)4-3-9-21(17)11-14-5-7-15(19)8-6-14;1-2/h5-8,10H,3-4,9,11,20H2,1-2H3;1-2H3. The first-order valence-electron chi connectivity index (χ1n) is 8.44. The average molecular weight is 375 g/mol. The zero-order valence-corrected chi connectivity index (χ0v) is 16.2. The van der Waals surface area contributed by atoms with E-state index in [1.165, 1.54) is 34.4 Å². The van der Waals surface area contributed by atoms with E-state index in [1.807, 2.05) is 13.8 Å². The van der Waals surface area contributed by atoms with Crippen molar-refractivity contribution in [1.82, 2.24) is 0 Å². The highest BCUT2D eigenvalue weighted by Crippen LogP contribution is 2.35. The van der Waals surface area contributed by atoms with Gasteiger partial charge in [-0.05, 0) is 67.1 Å². The molecule has 2 N–H and O–H groups in total. The van der Waals surface area contributed by atoms with E-state index in [0.717, 1.165) is 29.7 Å². The third-order valence-corrected chi connectivity index (χ3v) is 4.95. The van der Waals surface area contributed by atoms with Crippen LogP contribution in [0.5, 0.6) is 0 Å². The third-order valence-electron chi connectivity index (χ3n) is 4.43. The fraction of sp³-hybridized carbons (Fsp3) is 0.400. The van der Waals surface area contributed by atoms with Crippen LogP contribution in [0.15, 0.2) is 34.8 Å². The normalized spacial score (nSPS) is 13.2. The Morgan fingerprint density at radius 2 is 1.78 bits per heavy atom. The summed E-state index contributed by atoms with van der Waals surface area (Å²) in [5.74, 6) is 0. The maximum Gasteiger partial charge on any atom is 0.0429 e. The van der Waals surface area contributed by atoms with E-state index in [9.17, 15) is 0 Å². The Kier molecular flexibility index (Phi) is 6.11. The topological polar surface area (TPSA) is 29.3 Å². The third kappa shape index (κ3) is 3.89. The molecule has 0 unspecified atom stereocenters. The minimum absolute atomic E-state index is 0.958. The molecule has 2 nitrogen and oxygen atoms in total. The van der Waals surface area contributed by atoms with Gasteiger partial charge in [-0.3, -0.25) is 0 Å². The minimum atomic E-state index is 0.958. The average Bonchev–Trinajstić information content (AvgIpc) is 2.57. The van der Waals surface area contributed by atoms with Crippen molar-refractivity contribution in [1.29, 1.82) is 0 Å². The Morgan fingerprint density at radius 1 is 1.13 bits per heavy atom. The summed E-state index contributed by atoms with van der Waals surface area (Å²) in [7, 11) is 0. The van der Waals surface area contributed by atoms with Crippen LogP contribution in [-0.2, 0) is 13.0 Å². The molecular formula is C20H27BrN2. The van der Waals surface area contributed by atoms with Crippen LogP contribution >= 0.6 is 15.9 Å². The van der Waals surface area contributed by atoms with Gasteiger partial charge in [-0.1, -0.05) is 41.9 Å². The Hall–Kier alpha value is -1.48. The van der Waals surface area contributed by atoms with E-state index >= 15 is 0 Å². The van der Waals surface area contributed by atoms with Crippen molar-refractivity contribution in [2.75, 3.05) is 17.2 Å². The number of aryl methyl sites for hydroxylation is 1. The van der Waals surface area contributed by atoms with Crippen molar-refractivity contribution in [3.63, 3.8) is 0 Å². The second kappa shape index (κ2) is 7.87. The molecule has 3 rings (SSSR count).